The summed E-state index contributed by atoms with van der Waals surface area (Å²) in [4.78, 5) is 2.43. The maximum Gasteiger partial charge on any atom is 0.119 e. The van der Waals surface area contributed by atoms with Crippen LogP contribution in [0.25, 0.3) is 0 Å². The molecular weight excluding hydrogens is 200 g/mol. The van der Waals surface area contributed by atoms with Crippen molar-refractivity contribution in [2.75, 3.05) is 31.6 Å². The minimum Gasteiger partial charge on any atom is -0.497 e. The van der Waals surface area contributed by atoms with Crippen molar-refractivity contribution in [1.29, 1.82) is 0 Å². The normalized spacial score (nSPS) is 21.6. The second kappa shape index (κ2) is 5.21. The van der Waals surface area contributed by atoms with Crippen LogP contribution >= 0.6 is 0 Å². The molecule has 0 radical (unpaired) electrons. The van der Waals surface area contributed by atoms with E-state index in [0.29, 0.717) is 6.04 Å². The second-order valence-electron chi connectivity index (χ2n) is 4.33. The molecule has 1 aromatic carbocycles. The predicted molar refractivity (Wildman–Crippen MR) is 67.3 cm³/mol. The van der Waals surface area contributed by atoms with Crippen LogP contribution in [0, 0.1) is 0 Å². The lowest BCUT2D eigenvalue weighted by Gasteiger charge is -2.22. The molecule has 3 heteroatoms. The van der Waals surface area contributed by atoms with Crippen molar-refractivity contribution in [3.63, 3.8) is 0 Å². The Bertz CT molecular complexity index is 323. The minimum absolute atomic E-state index is 0.628. The molecule has 1 N–H and O–H groups in total. The molecule has 1 fully saturated rings. The lowest BCUT2D eigenvalue weighted by molar-refractivity contribution is 0.415. The highest BCUT2D eigenvalue weighted by atomic mass is 16.5. The fraction of sp³-hybridized carbons (Fsp3) is 0.538. The maximum absolute atomic E-state index is 5.17. The summed E-state index contributed by atoms with van der Waals surface area (Å²) in [5.74, 6) is 0.921. The minimum atomic E-state index is 0.628. The fourth-order valence-electron chi connectivity index (χ4n) is 2.06. The van der Waals surface area contributed by atoms with Gasteiger partial charge in [0.05, 0.1) is 7.11 Å². The van der Waals surface area contributed by atoms with Crippen LogP contribution < -0.4 is 15.0 Å². The van der Waals surface area contributed by atoms with Gasteiger partial charge in [0.2, 0.25) is 0 Å². The number of benzene rings is 1. The third-order valence-corrected chi connectivity index (χ3v) is 3.14. The number of rotatable bonds is 2. The highest BCUT2D eigenvalue weighted by Crippen LogP contribution is 2.20. The van der Waals surface area contributed by atoms with Crippen molar-refractivity contribution in [3.8, 4) is 5.75 Å². The van der Waals surface area contributed by atoms with Gasteiger partial charge in [0.25, 0.3) is 0 Å². The van der Waals surface area contributed by atoms with Gasteiger partial charge in [-0.2, -0.15) is 0 Å². The van der Waals surface area contributed by atoms with Gasteiger partial charge < -0.3 is 15.0 Å². The van der Waals surface area contributed by atoms with Gasteiger partial charge in [-0.1, -0.05) is 0 Å². The van der Waals surface area contributed by atoms with Crippen LogP contribution in [0.2, 0.25) is 0 Å². The molecule has 0 saturated carbocycles. The van der Waals surface area contributed by atoms with Crippen molar-refractivity contribution in [2.45, 2.75) is 19.4 Å². The smallest absolute Gasteiger partial charge is 0.119 e. The quantitative estimate of drug-likeness (QED) is 0.823. The van der Waals surface area contributed by atoms with Crippen LogP contribution in [-0.4, -0.2) is 32.8 Å². The van der Waals surface area contributed by atoms with Crippen molar-refractivity contribution in [2.24, 2.45) is 0 Å². The van der Waals surface area contributed by atoms with Crippen molar-refractivity contribution in [3.05, 3.63) is 24.3 Å². The van der Waals surface area contributed by atoms with Gasteiger partial charge >= 0.3 is 0 Å². The first-order valence-electron chi connectivity index (χ1n) is 5.92. The molecular formula is C13H20N2O. The van der Waals surface area contributed by atoms with Crippen LogP contribution in [0.3, 0.4) is 0 Å². The molecule has 0 spiro atoms. The van der Waals surface area contributed by atoms with Crippen molar-refractivity contribution >= 4 is 5.69 Å². The summed E-state index contributed by atoms with van der Waals surface area (Å²) >= 11 is 0. The summed E-state index contributed by atoms with van der Waals surface area (Å²) in [7, 11) is 1.70. The van der Waals surface area contributed by atoms with Crippen molar-refractivity contribution in [1.82, 2.24) is 5.32 Å². The Morgan fingerprint density at radius 2 is 2.00 bits per heavy atom. The van der Waals surface area contributed by atoms with Gasteiger partial charge in [0, 0.05) is 31.4 Å². The zero-order valence-electron chi connectivity index (χ0n) is 10.1. The second-order valence-corrected chi connectivity index (χ2v) is 4.33. The zero-order chi connectivity index (χ0) is 11.4. The van der Waals surface area contributed by atoms with Crippen LogP contribution in [0.1, 0.15) is 13.3 Å². The number of ether oxygens (including phenoxy) is 1. The molecule has 0 bridgehead atoms. The predicted octanol–water partition coefficient (Wildman–Crippen LogP) is 1.88. The number of hydrogen-bond acceptors (Lipinski definition) is 3. The Kier molecular flexibility index (Phi) is 3.67. The van der Waals surface area contributed by atoms with Crippen LogP contribution in [0.5, 0.6) is 5.75 Å². The molecule has 1 heterocycles. The van der Waals surface area contributed by atoms with E-state index in [-0.39, 0.29) is 0 Å². The first-order valence-corrected chi connectivity index (χ1v) is 5.92. The monoisotopic (exact) mass is 220 g/mol. The summed E-state index contributed by atoms with van der Waals surface area (Å²) in [6, 6.07) is 8.95. The molecule has 16 heavy (non-hydrogen) atoms. The Labute approximate surface area is 97.4 Å². The zero-order valence-corrected chi connectivity index (χ0v) is 10.1. The standard InChI is InChI=1S/C13H20N2O/c1-11-7-9-15(10-8-14-11)12-3-5-13(16-2)6-4-12/h3-6,11,14H,7-10H2,1-2H3. The molecule has 1 aliphatic rings. The molecule has 1 aromatic rings. The summed E-state index contributed by atoms with van der Waals surface area (Å²) in [6.45, 7) is 5.52. The molecule has 3 nitrogen and oxygen atoms in total. The van der Waals surface area contributed by atoms with Crippen molar-refractivity contribution < 1.29 is 4.74 Å². The summed E-state index contributed by atoms with van der Waals surface area (Å²) in [5.41, 5.74) is 1.29. The summed E-state index contributed by atoms with van der Waals surface area (Å²) < 4.78 is 5.17. The van der Waals surface area contributed by atoms with E-state index in [1.54, 1.807) is 7.11 Å². The SMILES string of the molecule is COc1ccc(N2CCNC(C)CC2)cc1. The van der Waals surface area contributed by atoms with Gasteiger partial charge in [-0.05, 0) is 37.6 Å². The highest BCUT2D eigenvalue weighted by molar-refractivity contribution is 5.49. The van der Waals surface area contributed by atoms with Gasteiger partial charge in [0.1, 0.15) is 5.75 Å². The number of nitrogens with one attached hydrogen (secondary N) is 1. The Morgan fingerprint density at radius 1 is 1.25 bits per heavy atom. The first kappa shape index (κ1) is 11.3. The van der Waals surface area contributed by atoms with Crippen LogP contribution in [-0.2, 0) is 0 Å². The fourth-order valence-corrected chi connectivity index (χ4v) is 2.06. The number of nitrogens with zero attached hydrogens (tertiary/aromatic N) is 1. The largest absolute Gasteiger partial charge is 0.497 e. The van der Waals surface area contributed by atoms with Gasteiger partial charge in [0.15, 0.2) is 0 Å². The molecule has 88 valence electrons. The van der Waals surface area contributed by atoms with E-state index in [4.69, 9.17) is 4.74 Å². The molecule has 2 rings (SSSR count). The van der Waals surface area contributed by atoms with Gasteiger partial charge in [-0.25, -0.2) is 0 Å². The Balaban J connectivity index is 2.04. The maximum atomic E-state index is 5.17. The highest BCUT2D eigenvalue weighted by Gasteiger charge is 2.13. The molecule has 0 amide bonds. The van der Waals surface area contributed by atoms with E-state index in [1.165, 1.54) is 12.1 Å². The molecule has 1 aliphatic heterocycles. The van der Waals surface area contributed by atoms with E-state index < -0.39 is 0 Å². The van der Waals surface area contributed by atoms with E-state index in [2.05, 4.69) is 29.3 Å². The average Bonchev–Trinajstić information content (AvgIpc) is 2.54. The topological polar surface area (TPSA) is 24.5 Å². The lowest BCUT2D eigenvalue weighted by Crippen LogP contribution is -2.28. The Morgan fingerprint density at radius 3 is 2.69 bits per heavy atom. The molecule has 1 saturated heterocycles. The number of hydrogen-bond donors (Lipinski definition) is 1. The number of methoxy groups -OCH3 is 1. The summed E-state index contributed by atoms with van der Waals surface area (Å²) in [5, 5.41) is 3.50. The van der Waals surface area contributed by atoms with E-state index in [1.807, 2.05) is 12.1 Å². The first-order chi connectivity index (χ1) is 7.79. The third kappa shape index (κ3) is 2.67. The van der Waals surface area contributed by atoms with Gasteiger partial charge in [-0.3, -0.25) is 0 Å². The average molecular weight is 220 g/mol. The number of anilines is 1. The van der Waals surface area contributed by atoms with Crippen LogP contribution in [0.4, 0.5) is 5.69 Å². The summed E-state index contributed by atoms with van der Waals surface area (Å²) in [6.07, 6.45) is 1.20. The third-order valence-electron chi connectivity index (χ3n) is 3.14. The molecule has 1 atom stereocenters. The van der Waals surface area contributed by atoms with Crippen LogP contribution in [0.15, 0.2) is 24.3 Å². The van der Waals surface area contributed by atoms with E-state index in [0.717, 1.165) is 25.4 Å². The van der Waals surface area contributed by atoms with E-state index >= 15 is 0 Å². The molecule has 0 aromatic heterocycles. The van der Waals surface area contributed by atoms with Gasteiger partial charge in [-0.15, -0.1) is 0 Å². The van der Waals surface area contributed by atoms with E-state index in [9.17, 15) is 0 Å². The molecule has 0 aliphatic carbocycles. The lowest BCUT2D eigenvalue weighted by atomic mass is 10.2. The molecule has 1 unspecified atom stereocenters. The Hall–Kier alpha value is -1.22.